The van der Waals surface area contributed by atoms with E-state index in [1.165, 1.54) is 30.5 Å². The van der Waals surface area contributed by atoms with Crippen molar-refractivity contribution in [3.8, 4) is 11.1 Å². The van der Waals surface area contributed by atoms with Gasteiger partial charge in [0.1, 0.15) is 17.3 Å². The summed E-state index contributed by atoms with van der Waals surface area (Å²) in [7, 11) is 0. The summed E-state index contributed by atoms with van der Waals surface area (Å²) in [6, 6.07) is 11.8. The van der Waals surface area contributed by atoms with Crippen molar-refractivity contribution in [3.63, 3.8) is 0 Å². The molecule has 0 unspecified atom stereocenters. The van der Waals surface area contributed by atoms with E-state index in [0.717, 1.165) is 16.8 Å². The number of nitrogens with zero attached hydrogens (tertiary/aromatic N) is 4. The topological polar surface area (TPSA) is 131 Å². The minimum Gasteiger partial charge on any atom is -0.463 e. The number of halogens is 2. The van der Waals surface area contributed by atoms with E-state index in [1.807, 2.05) is 24.3 Å². The van der Waals surface area contributed by atoms with Crippen LogP contribution in [0.25, 0.3) is 17.2 Å². The second-order valence-electron chi connectivity index (χ2n) is 9.00. The molecule has 0 radical (unpaired) electrons. The second-order valence-corrected chi connectivity index (χ2v) is 9.41. The highest BCUT2D eigenvalue weighted by atomic mass is 35.5. The lowest BCUT2D eigenvalue weighted by Gasteiger charge is -2.14. The lowest BCUT2D eigenvalue weighted by atomic mass is 10.0. The molecule has 216 valence electrons. The van der Waals surface area contributed by atoms with Gasteiger partial charge in [0.2, 0.25) is 5.95 Å². The van der Waals surface area contributed by atoms with E-state index in [1.54, 1.807) is 32.3 Å². The Morgan fingerprint density at radius 2 is 1.90 bits per heavy atom. The number of aromatic nitrogens is 4. The standard InChI is InChI=1S/C30H29ClFN7O3/c1-3-42-27(40)11-8-20-6-4-7-21(14-20)23-17-37-30(38-22-9-10-25(32)24(31)15-22)39-28(23)33-12-5-13-34-29(41)26-18-35-19(2)16-36-26/h4,6-11,14-18H,3,5,12-13H2,1-2H3,(H,34,41)(H2,33,37,38,39). The number of anilines is 3. The van der Waals surface area contributed by atoms with Crippen molar-refractivity contribution in [2.75, 3.05) is 30.3 Å². The number of esters is 1. The van der Waals surface area contributed by atoms with Gasteiger partial charge in [-0.3, -0.25) is 9.78 Å². The Bertz CT molecular complexity index is 1580. The number of ether oxygens (including phenoxy) is 1. The zero-order valence-corrected chi connectivity index (χ0v) is 23.8. The number of rotatable bonds is 12. The third-order valence-corrected chi connectivity index (χ3v) is 6.10. The number of carbonyl (C=O) groups is 2. The summed E-state index contributed by atoms with van der Waals surface area (Å²) in [5, 5.41) is 9.16. The highest BCUT2D eigenvalue weighted by Gasteiger charge is 2.12. The molecule has 0 saturated heterocycles. The zero-order chi connectivity index (χ0) is 29.9. The summed E-state index contributed by atoms with van der Waals surface area (Å²) < 4.78 is 18.6. The number of hydrogen-bond acceptors (Lipinski definition) is 9. The lowest BCUT2D eigenvalue weighted by Crippen LogP contribution is -2.26. The van der Waals surface area contributed by atoms with Gasteiger partial charge in [-0.05, 0) is 61.7 Å². The maximum Gasteiger partial charge on any atom is 0.330 e. The van der Waals surface area contributed by atoms with Crippen molar-refractivity contribution in [1.82, 2.24) is 25.3 Å². The van der Waals surface area contributed by atoms with Gasteiger partial charge in [0, 0.05) is 42.8 Å². The van der Waals surface area contributed by atoms with Gasteiger partial charge in [0.25, 0.3) is 5.91 Å². The first-order chi connectivity index (χ1) is 20.3. The lowest BCUT2D eigenvalue weighted by molar-refractivity contribution is -0.137. The van der Waals surface area contributed by atoms with Gasteiger partial charge in [0.05, 0.1) is 23.5 Å². The number of carbonyl (C=O) groups excluding carboxylic acids is 2. The molecule has 1 amide bonds. The van der Waals surface area contributed by atoms with E-state index in [2.05, 4.69) is 35.9 Å². The number of benzene rings is 2. The summed E-state index contributed by atoms with van der Waals surface area (Å²) in [6.07, 6.45) is 8.28. The Kier molecular flexibility index (Phi) is 10.5. The van der Waals surface area contributed by atoms with Crippen molar-refractivity contribution >= 4 is 47.0 Å². The minimum absolute atomic E-state index is 0.0266. The van der Waals surface area contributed by atoms with Crippen molar-refractivity contribution in [2.45, 2.75) is 20.3 Å². The Labute approximate surface area is 247 Å². The van der Waals surface area contributed by atoms with E-state index >= 15 is 0 Å². The van der Waals surface area contributed by atoms with Gasteiger partial charge in [-0.2, -0.15) is 4.98 Å². The van der Waals surface area contributed by atoms with Crippen molar-refractivity contribution < 1.29 is 18.7 Å². The van der Waals surface area contributed by atoms with Crippen molar-refractivity contribution in [3.05, 3.63) is 94.9 Å². The minimum atomic E-state index is -0.528. The molecule has 0 atom stereocenters. The van der Waals surface area contributed by atoms with Crippen LogP contribution < -0.4 is 16.0 Å². The van der Waals surface area contributed by atoms with E-state index in [0.29, 0.717) is 43.2 Å². The molecular formula is C30H29ClFN7O3. The first kappa shape index (κ1) is 30.1. The van der Waals surface area contributed by atoms with Gasteiger partial charge in [0.15, 0.2) is 0 Å². The maximum absolute atomic E-state index is 13.6. The number of amides is 1. The number of hydrogen-bond donors (Lipinski definition) is 3. The molecule has 4 aromatic rings. The van der Waals surface area contributed by atoms with Gasteiger partial charge in [-0.25, -0.2) is 19.2 Å². The summed E-state index contributed by atoms with van der Waals surface area (Å²) >= 11 is 5.92. The Morgan fingerprint density at radius 3 is 2.67 bits per heavy atom. The van der Waals surface area contributed by atoms with Crippen LogP contribution in [-0.2, 0) is 9.53 Å². The highest BCUT2D eigenvalue weighted by Crippen LogP contribution is 2.29. The van der Waals surface area contributed by atoms with Crippen LogP contribution in [-0.4, -0.2) is 51.5 Å². The average Bonchev–Trinajstić information content (AvgIpc) is 2.98. The van der Waals surface area contributed by atoms with E-state index < -0.39 is 11.8 Å². The van der Waals surface area contributed by atoms with Crippen LogP contribution in [0, 0.1) is 12.7 Å². The predicted molar refractivity (Wildman–Crippen MR) is 160 cm³/mol. The summed E-state index contributed by atoms with van der Waals surface area (Å²) in [5.74, 6) is -0.454. The molecule has 0 aliphatic rings. The first-order valence-corrected chi connectivity index (χ1v) is 13.5. The average molecular weight is 590 g/mol. The maximum atomic E-state index is 13.6. The normalized spacial score (nSPS) is 10.9. The van der Waals surface area contributed by atoms with Crippen molar-refractivity contribution in [2.24, 2.45) is 0 Å². The van der Waals surface area contributed by atoms with Gasteiger partial charge < -0.3 is 20.7 Å². The quantitative estimate of drug-likeness (QED) is 0.110. The molecule has 2 aromatic carbocycles. The second kappa shape index (κ2) is 14.6. The first-order valence-electron chi connectivity index (χ1n) is 13.2. The molecule has 2 aromatic heterocycles. The molecule has 12 heteroatoms. The molecule has 0 spiro atoms. The summed E-state index contributed by atoms with van der Waals surface area (Å²) in [4.78, 5) is 41.3. The third-order valence-electron chi connectivity index (χ3n) is 5.81. The van der Waals surface area contributed by atoms with E-state index in [4.69, 9.17) is 16.3 Å². The molecule has 0 bridgehead atoms. The molecule has 0 aliphatic carbocycles. The molecule has 3 N–H and O–H groups in total. The molecule has 0 saturated carbocycles. The molecule has 10 nitrogen and oxygen atoms in total. The SMILES string of the molecule is CCOC(=O)C=Cc1cccc(-c2cnc(Nc3ccc(F)c(Cl)c3)nc2NCCCNC(=O)c2cnc(C)cn2)c1. The largest absolute Gasteiger partial charge is 0.463 e. The van der Waals surface area contributed by atoms with E-state index in [-0.39, 0.29) is 22.6 Å². The monoisotopic (exact) mass is 589 g/mol. The third kappa shape index (κ3) is 8.55. The summed E-state index contributed by atoms with van der Waals surface area (Å²) in [5.41, 5.74) is 3.81. The Balaban J connectivity index is 1.50. The van der Waals surface area contributed by atoms with Gasteiger partial charge in [-0.15, -0.1) is 0 Å². The van der Waals surface area contributed by atoms with Crippen LogP contribution in [0.1, 0.15) is 35.1 Å². The number of aryl methyl sites for hydroxylation is 1. The van der Waals surface area contributed by atoms with E-state index in [9.17, 15) is 14.0 Å². The molecular weight excluding hydrogens is 561 g/mol. The summed E-state index contributed by atoms with van der Waals surface area (Å²) in [6.45, 7) is 4.72. The molecule has 4 rings (SSSR count). The molecule has 0 fully saturated rings. The Hall–Kier alpha value is -4.90. The molecule has 42 heavy (non-hydrogen) atoms. The van der Waals surface area contributed by atoms with Crippen LogP contribution in [0.2, 0.25) is 5.02 Å². The Morgan fingerprint density at radius 1 is 1.05 bits per heavy atom. The molecule has 2 heterocycles. The van der Waals surface area contributed by atoms with Crippen LogP contribution in [0.4, 0.5) is 21.8 Å². The van der Waals surface area contributed by atoms with Crippen LogP contribution in [0.15, 0.2) is 67.1 Å². The molecule has 0 aliphatic heterocycles. The highest BCUT2D eigenvalue weighted by molar-refractivity contribution is 6.31. The fourth-order valence-corrected chi connectivity index (χ4v) is 3.93. The predicted octanol–water partition coefficient (Wildman–Crippen LogP) is 5.59. The van der Waals surface area contributed by atoms with Crippen LogP contribution >= 0.6 is 11.6 Å². The smallest absolute Gasteiger partial charge is 0.330 e. The van der Waals surface area contributed by atoms with Crippen LogP contribution in [0.3, 0.4) is 0 Å². The van der Waals surface area contributed by atoms with Gasteiger partial charge in [-0.1, -0.05) is 29.8 Å². The fourth-order valence-electron chi connectivity index (χ4n) is 3.75. The number of nitrogens with one attached hydrogen (secondary N) is 3. The zero-order valence-electron chi connectivity index (χ0n) is 23.0. The van der Waals surface area contributed by atoms with Gasteiger partial charge >= 0.3 is 5.97 Å². The van der Waals surface area contributed by atoms with Crippen LogP contribution in [0.5, 0.6) is 0 Å². The fraction of sp³-hybridized carbons (Fsp3) is 0.200. The van der Waals surface area contributed by atoms with Crippen molar-refractivity contribution in [1.29, 1.82) is 0 Å².